The Morgan fingerprint density at radius 3 is 2.78 bits per heavy atom. The third-order valence-electron chi connectivity index (χ3n) is 3.27. The van der Waals surface area contributed by atoms with Crippen molar-refractivity contribution in [3.05, 3.63) is 29.1 Å². The molecule has 0 aromatic heterocycles. The zero-order valence-electron chi connectivity index (χ0n) is 10.2. The van der Waals surface area contributed by atoms with Gasteiger partial charge in [0.05, 0.1) is 7.11 Å². The van der Waals surface area contributed by atoms with Crippen LogP contribution >= 0.6 is 0 Å². The molecule has 2 nitrogen and oxygen atoms in total. The fourth-order valence-electron chi connectivity index (χ4n) is 2.38. The summed E-state index contributed by atoms with van der Waals surface area (Å²) in [6.07, 6.45) is -1.12. The van der Waals surface area contributed by atoms with Gasteiger partial charge in [-0.2, -0.15) is 0 Å². The van der Waals surface area contributed by atoms with E-state index in [1.807, 2.05) is 0 Å². The Hall–Kier alpha value is -1.23. The first-order valence-electron chi connectivity index (χ1n) is 5.97. The number of halogens is 3. The molecular weight excluding hydrogens is 243 g/mol. The van der Waals surface area contributed by atoms with Crippen LogP contribution < -0.4 is 10.1 Å². The number of ether oxygens (including phenoxy) is 1. The lowest BCUT2D eigenvalue weighted by Gasteiger charge is -2.14. The minimum atomic E-state index is -2.66. The summed E-state index contributed by atoms with van der Waals surface area (Å²) in [4.78, 5) is 0. The van der Waals surface area contributed by atoms with Crippen molar-refractivity contribution in [1.82, 2.24) is 5.32 Å². The van der Waals surface area contributed by atoms with Gasteiger partial charge in [-0.1, -0.05) is 0 Å². The lowest BCUT2D eigenvalue weighted by atomic mass is 9.96. The van der Waals surface area contributed by atoms with Crippen molar-refractivity contribution in [3.8, 4) is 5.75 Å². The molecule has 2 rings (SSSR count). The Morgan fingerprint density at radius 2 is 2.22 bits per heavy atom. The van der Waals surface area contributed by atoms with E-state index in [1.54, 1.807) is 0 Å². The fraction of sp³-hybridized carbons (Fsp3) is 0.538. The molecule has 0 spiro atoms. The van der Waals surface area contributed by atoms with E-state index in [1.165, 1.54) is 13.2 Å². The third kappa shape index (κ3) is 2.77. The van der Waals surface area contributed by atoms with Crippen LogP contribution in [0.25, 0.3) is 0 Å². The molecule has 5 heteroatoms. The van der Waals surface area contributed by atoms with Gasteiger partial charge in [-0.3, -0.25) is 0 Å². The number of hydrogen-bond acceptors (Lipinski definition) is 2. The predicted octanol–water partition coefficient (Wildman–Crippen LogP) is 2.92. The highest BCUT2D eigenvalue weighted by Gasteiger charge is 2.21. The SMILES string of the molecule is COc1c(F)cc(C(F)F)cc1CC1CCNC1. The average molecular weight is 259 g/mol. The van der Waals surface area contributed by atoms with E-state index in [0.29, 0.717) is 17.9 Å². The van der Waals surface area contributed by atoms with Gasteiger partial charge < -0.3 is 10.1 Å². The topological polar surface area (TPSA) is 21.3 Å². The summed E-state index contributed by atoms with van der Waals surface area (Å²) in [6, 6.07) is 2.20. The maximum Gasteiger partial charge on any atom is 0.263 e. The van der Waals surface area contributed by atoms with Gasteiger partial charge in [0.1, 0.15) is 0 Å². The molecule has 1 aromatic rings. The smallest absolute Gasteiger partial charge is 0.263 e. The van der Waals surface area contributed by atoms with Crippen molar-refractivity contribution >= 4 is 0 Å². The summed E-state index contributed by atoms with van der Waals surface area (Å²) < 4.78 is 44.0. The quantitative estimate of drug-likeness (QED) is 0.897. The van der Waals surface area contributed by atoms with Gasteiger partial charge in [-0.05, 0) is 49.5 Å². The second-order valence-corrected chi connectivity index (χ2v) is 4.56. The monoisotopic (exact) mass is 259 g/mol. The summed E-state index contributed by atoms with van der Waals surface area (Å²) in [5.74, 6) is -0.270. The molecule has 1 aliphatic heterocycles. The first kappa shape index (κ1) is 13.2. The highest BCUT2D eigenvalue weighted by Crippen LogP contribution is 2.31. The van der Waals surface area contributed by atoms with Crippen LogP contribution in [-0.2, 0) is 6.42 Å². The largest absolute Gasteiger partial charge is 0.493 e. The van der Waals surface area contributed by atoms with Gasteiger partial charge in [0.25, 0.3) is 6.43 Å². The molecule has 1 unspecified atom stereocenters. The third-order valence-corrected chi connectivity index (χ3v) is 3.27. The molecule has 0 radical (unpaired) electrons. The van der Waals surface area contributed by atoms with Crippen LogP contribution in [0.1, 0.15) is 24.0 Å². The van der Waals surface area contributed by atoms with Crippen LogP contribution in [0.5, 0.6) is 5.75 Å². The number of rotatable bonds is 4. The molecule has 1 atom stereocenters. The molecular formula is C13H16F3NO. The van der Waals surface area contributed by atoms with Gasteiger partial charge >= 0.3 is 0 Å². The fourth-order valence-corrected chi connectivity index (χ4v) is 2.38. The minimum Gasteiger partial charge on any atom is -0.493 e. The second-order valence-electron chi connectivity index (χ2n) is 4.56. The van der Waals surface area contributed by atoms with Crippen LogP contribution in [0.15, 0.2) is 12.1 Å². The van der Waals surface area contributed by atoms with E-state index >= 15 is 0 Å². The summed E-state index contributed by atoms with van der Waals surface area (Å²) in [5, 5.41) is 3.20. The zero-order chi connectivity index (χ0) is 13.1. The van der Waals surface area contributed by atoms with Crippen molar-refractivity contribution < 1.29 is 17.9 Å². The Kier molecular flexibility index (Phi) is 4.11. The number of alkyl halides is 2. The summed E-state index contributed by atoms with van der Waals surface area (Å²) in [7, 11) is 1.36. The van der Waals surface area contributed by atoms with Crippen LogP contribution in [0.2, 0.25) is 0 Å². The van der Waals surface area contributed by atoms with E-state index in [9.17, 15) is 13.2 Å². The minimum absolute atomic E-state index is 0.0892. The van der Waals surface area contributed by atoms with Crippen LogP contribution in [0, 0.1) is 11.7 Å². The lowest BCUT2D eigenvalue weighted by Crippen LogP contribution is -2.12. The Bertz CT molecular complexity index is 417. The van der Waals surface area contributed by atoms with Crippen molar-refractivity contribution in [3.63, 3.8) is 0 Å². The molecule has 0 aliphatic carbocycles. The first-order chi connectivity index (χ1) is 8.61. The van der Waals surface area contributed by atoms with Gasteiger partial charge in [0.2, 0.25) is 0 Å². The molecule has 1 aromatic carbocycles. The van der Waals surface area contributed by atoms with Crippen molar-refractivity contribution in [2.45, 2.75) is 19.3 Å². The van der Waals surface area contributed by atoms with E-state index in [4.69, 9.17) is 4.74 Å². The van der Waals surface area contributed by atoms with E-state index in [0.717, 1.165) is 25.6 Å². The molecule has 1 aliphatic rings. The number of methoxy groups -OCH3 is 1. The normalized spacial score (nSPS) is 19.5. The standard InChI is InChI=1S/C13H16F3NO/c1-18-12-9(4-8-2-3-17-7-8)5-10(13(15)16)6-11(12)14/h5-6,8,13,17H,2-4,7H2,1H3. The number of benzene rings is 1. The Balaban J connectivity index is 2.29. The van der Waals surface area contributed by atoms with Gasteiger partial charge in [-0.25, -0.2) is 13.2 Å². The lowest BCUT2D eigenvalue weighted by molar-refractivity contribution is 0.150. The Morgan fingerprint density at radius 1 is 1.44 bits per heavy atom. The molecule has 0 amide bonds. The molecule has 18 heavy (non-hydrogen) atoms. The maximum absolute atomic E-state index is 13.7. The van der Waals surface area contributed by atoms with Gasteiger partial charge in [-0.15, -0.1) is 0 Å². The highest BCUT2D eigenvalue weighted by atomic mass is 19.3. The molecule has 1 heterocycles. The van der Waals surface area contributed by atoms with Crippen molar-refractivity contribution in [1.29, 1.82) is 0 Å². The summed E-state index contributed by atoms with van der Waals surface area (Å²) in [6.45, 7) is 1.76. The molecule has 1 fully saturated rings. The van der Waals surface area contributed by atoms with Gasteiger partial charge in [0, 0.05) is 5.56 Å². The Labute approximate surface area is 104 Å². The summed E-state index contributed by atoms with van der Waals surface area (Å²) >= 11 is 0. The molecule has 100 valence electrons. The van der Waals surface area contributed by atoms with Crippen LogP contribution in [-0.4, -0.2) is 20.2 Å². The van der Waals surface area contributed by atoms with E-state index in [-0.39, 0.29) is 11.3 Å². The zero-order valence-corrected chi connectivity index (χ0v) is 10.2. The second kappa shape index (κ2) is 5.61. The molecule has 1 saturated heterocycles. The molecule has 1 N–H and O–H groups in total. The molecule has 0 bridgehead atoms. The highest BCUT2D eigenvalue weighted by molar-refractivity contribution is 5.39. The maximum atomic E-state index is 13.7. The first-order valence-corrected chi connectivity index (χ1v) is 5.97. The predicted molar refractivity (Wildman–Crippen MR) is 62.6 cm³/mol. The number of nitrogens with one attached hydrogen (secondary N) is 1. The van der Waals surface area contributed by atoms with Crippen molar-refractivity contribution in [2.75, 3.05) is 20.2 Å². The number of hydrogen-bond donors (Lipinski definition) is 1. The summed E-state index contributed by atoms with van der Waals surface area (Å²) in [5.41, 5.74) is 0.246. The van der Waals surface area contributed by atoms with Gasteiger partial charge in [0.15, 0.2) is 11.6 Å². The van der Waals surface area contributed by atoms with E-state index in [2.05, 4.69) is 5.32 Å². The van der Waals surface area contributed by atoms with E-state index < -0.39 is 12.2 Å². The average Bonchev–Trinajstić information content (AvgIpc) is 2.81. The van der Waals surface area contributed by atoms with Crippen LogP contribution in [0.3, 0.4) is 0 Å². The van der Waals surface area contributed by atoms with Crippen LogP contribution in [0.4, 0.5) is 13.2 Å². The van der Waals surface area contributed by atoms with Crippen molar-refractivity contribution in [2.24, 2.45) is 5.92 Å². The molecule has 0 saturated carbocycles.